The van der Waals surface area contributed by atoms with Crippen molar-refractivity contribution >= 4 is 18.0 Å². The monoisotopic (exact) mass is 361 g/mol. The van der Waals surface area contributed by atoms with Crippen molar-refractivity contribution in [2.24, 2.45) is 15.9 Å². The first-order valence-electron chi connectivity index (χ1n) is 8.41. The van der Waals surface area contributed by atoms with E-state index in [-0.39, 0.29) is 30.0 Å². The lowest BCUT2D eigenvalue weighted by atomic mass is 9.87. The van der Waals surface area contributed by atoms with Crippen LogP contribution in [0.25, 0.3) is 0 Å². The van der Waals surface area contributed by atoms with Crippen molar-refractivity contribution in [2.75, 3.05) is 13.2 Å². The van der Waals surface area contributed by atoms with Crippen molar-refractivity contribution < 1.29 is 19.4 Å². The third-order valence-corrected chi connectivity index (χ3v) is 3.38. The molecule has 0 saturated carbocycles. The molecule has 3 N–H and O–H groups in total. The number of rotatable bonds is 7. The molecule has 0 unspecified atom stereocenters. The number of nitrogens with zero attached hydrogens (tertiary/aromatic N) is 2. The molecule has 0 heterocycles. The number of aliphatic hydroxyl groups excluding tert-OH is 1. The number of carbonyl (C=O) groups excluding carboxylic acids is 1. The Morgan fingerprint density at radius 2 is 1.73 bits per heavy atom. The quantitative estimate of drug-likeness (QED) is 0.194. The molecule has 142 valence electrons. The Kier molecular flexibility index (Phi) is 7.83. The highest BCUT2D eigenvalue weighted by Gasteiger charge is 2.22. The van der Waals surface area contributed by atoms with Crippen molar-refractivity contribution in [3.05, 3.63) is 46.9 Å². The average molecular weight is 361 g/mol. The third-order valence-electron chi connectivity index (χ3n) is 3.38. The van der Waals surface area contributed by atoms with Gasteiger partial charge in [0, 0.05) is 0 Å². The van der Waals surface area contributed by atoms with E-state index in [9.17, 15) is 9.90 Å². The Morgan fingerprint density at radius 1 is 1.15 bits per heavy atom. The Morgan fingerprint density at radius 3 is 2.23 bits per heavy atom. The van der Waals surface area contributed by atoms with Gasteiger partial charge in [0.25, 0.3) is 5.95 Å². The zero-order valence-corrected chi connectivity index (χ0v) is 15.9. The highest BCUT2D eigenvalue weighted by molar-refractivity contribution is 6.18. The summed E-state index contributed by atoms with van der Waals surface area (Å²) in [5.41, 5.74) is 7.50. The number of hydrogen-bond acceptors (Lipinski definition) is 6. The molecule has 7 heteroatoms. The predicted molar refractivity (Wildman–Crippen MR) is 102 cm³/mol. The van der Waals surface area contributed by atoms with E-state index in [1.165, 1.54) is 11.8 Å². The fourth-order valence-corrected chi connectivity index (χ4v) is 1.99. The molecule has 0 aliphatic carbocycles. The van der Waals surface area contributed by atoms with Crippen molar-refractivity contribution in [1.29, 1.82) is 0 Å². The number of aliphatic hydroxyl groups is 1. The van der Waals surface area contributed by atoms with Crippen LogP contribution in [0.5, 0.6) is 0 Å². The van der Waals surface area contributed by atoms with Gasteiger partial charge in [-0.2, -0.15) is 5.10 Å². The lowest BCUT2D eigenvalue weighted by Crippen LogP contribution is -2.25. The second kappa shape index (κ2) is 9.60. The van der Waals surface area contributed by atoms with Gasteiger partial charge in [0.1, 0.15) is 0 Å². The largest absolute Gasteiger partial charge is 0.480 e. The molecule has 0 bridgehead atoms. The summed E-state index contributed by atoms with van der Waals surface area (Å²) in [6, 6.07) is 7.85. The highest BCUT2D eigenvalue weighted by Crippen LogP contribution is 2.21. The van der Waals surface area contributed by atoms with Gasteiger partial charge < -0.3 is 20.3 Å². The maximum Gasteiger partial charge on any atom is 0.349 e. The maximum absolute atomic E-state index is 11.9. The zero-order chi connectivity index (χ0) is 19.7. The van der Waals surface area contributed by atoms with Crippen LogP contribution < -0.4 is 5.73 Å². The molecule has 0 fully saturated rings. The van der Waals surface area contributed by atoms with Gasteiger partial charge in [-0.15, -0.1) is 5.10 Å². The molecule has 0 atom stereocenters. The van der Waals surface area contributed by atoms with E-state index in [1.54, 1.807) is 13.8 Å². The van der Waals surface area contributed by atoms with Crippen molar-refractivity contribution in [1.82, 2.24) is 0 Å². The molecular weight excluding hydrogens is 334 g/mol. The van der Waals surface area contributed by atoms with E-state index in [0.717, 1.165) is 5.56 Å². The first-order chi connectivity index (χ1) is 12.2. The van der Waals surface area contributed by atoms with Gasteiger partial charge >= 0.3 is 5.97 Å². The Hall–Kier alpha value is -2.83. The van der Waals surface area contributed by atoms with Gasteiger partial charge in [-0.3, -0.25) is 0 Å². The van der Waals surface area contributed by atoms with Crippen LogP contribution in [-0.2, 0) is 19.7 Å². The fraction of sp³-hybridized carbons (Fsp3) is 0.421. The van der Waals surface area contributed by atoms with Crippen LogP contribution in [0.3, 0.4) is 0 Å². The lowest BCUT2D eigenvalue weighted by Gasteiger charge is -2.18. The van der Waals surface area contributed by atoms with Gasteiger partial charge in [0.15, 0.2) is 11.4 Å². The molecule has 0 aromatic heterocycles. The van der Waals surface area contributed by atoms with E-state index in [4.69, 9.17) is 15.2 Å². The number of esters is 1. The van der Waals surface area contributed by atoms with E-state index in [0.29, 0.717) is 0 Å². The molecule has 0 saturated heterocycles. The van der Waals surface area contributed by atoms with Gasteiger partial charge in [-0.05, 0) is 30.4 Å². The van der Waals surface area contributed by atoms with Crippen LogP contribution in [0.4, 0.5) is 0 Å². The van der Waals surface area contributed by atoms with E-state index >= 15 is 0 Å². The number of amidine groups is 1. The minimum Gasteiger partial charge on any atom is -0.480 e. The third kappa shape index (κ3) is 6.23. The van der Waals surface area contributed by atoms with Crippen LogP contribution in [0, 0.1) is 0 Å². The molecule has 0 aliphatic heterocycles. The second-order valence-corrected chi connectivity index (χ2v) is 6.44. The molecule has 1 aromatic carbocycles. The van der Waals surface area contributed by atoms with Crippen LogP contribution >= 0.6 is 0 Å². The van der Waals surface area contributed by atoms with E-state index < -0.39 is 11.9 Å². The summed E-state index contributed by atoms with van der Waals surface area (Å²) in [6.45, 7) is 9.98. The molecular formula is C19H27N3O4. The van der Waals surface area contributed by atoms with Crippen LogP contribution in [0.15, 0.2) is 46.0 Å². The Labute approximate surface area is 154 Å². The van der Waals surface area contributed by atoms with Gasteiger partial charge in [0.2, 0.25) is 0 Å². The fourth-order valence-electron chi connectivity index (χ4n) is 1.99. The summed E-state index contributed by atoms with van der Waals surface area (Å²) in [4.78, 5) is 11.9. The number of carbonyl (C=O) groups is 1. The molecule has 0 aliphatic rings. The van der Waals surface area contributed by atoms with Crippen molar-refractivity contribution in [3.8, 4) is 0 Å². The summed E-state index contributed by atoms with van der Waals surface area (Å²) in [6.07, 6.45) is 1.50. The number of ether oxygens (including phenoxy) is 2. The smallest absolute Gasteiger partial charge is 0.349 e. The SMILES string of the molecule is CCOC(=O)C(C(N)=N/N=C\c1ccc(C(C)(C)C)cc1)=C(O)OCC. The second-order valence-electron chi connectivity index (χ2n) is 6.44. The highest BCUT2D eigenvalue weighted by atomic mass is 16.6. The molecule has 0 amide bonds. The van der Waals surface area contributed by atoms with Crippen LogP contribution in [0.2, 0.25) is 0 Å². The summed E-state index contributed by atoms with van der Waals surface area (Å²) >= 11 is 0. The maximum atomic E-state index is 11.9. The standard InChI is InChI=1S/C19H27N3O4/c1-6-25-17(23)15(18(24)26-7-2)16(20)22-21-12-13-8-10-14(11-9-13)19(3,4)5/h8-12,23H,6-7H2,1-5H3,(H2,20,22)/b17-15?,21-12-. The minimum atomic E-state index is -0.829. The van der Waals surface area contributed by atoms with Crippen LogP contribution in [-0.4, -0.2) is 36.3 Å². The molecule has 1 aromatic rings. The minimum absolute atomic E-state index is 0.0639. The Balaban J connectivity index is 3.00. The van der Waals surface area contributed by atoms with Gasteiger partial charge in [-0.25, -0.2) is 4.79 Å². The van der Waals surface area contributed by atoms with Crippen LogP contribution in [0.1, 0.15) is 45.7 Å². The van der Waals surface area contributed by atoms with Crippen molar-refractivity contribution in [2.45, 2.75) is 40.0 Å². The molecule has 7 nitrogen and oxygen atoms in total. The summed E-state index contributed by atoms with van der Waals surface area (Å²) < 4.78 is 9.78. The molecule has 1 rings (SSSR count). The molecule has 0 spiro atoms. The van der Waals surface area contributed by atoms with Gasteiger partial charge in [0.05, 0.1) is 19.4 Å². The molecule has 26 heavy (non-hydrogen) atoms. The first kappa shape index (κ1) is 21.2. The van der Waals surface area contributed by atoms with Crippen molar-refractivity contribution in [3.63, 3.8) is 0 Å². The topological polar surface area (TPSA) is 107 Å². The number of nitrogens with two attached hydrogens (primary N) is 1. The lowest BCUT2D eigenvalue weighted by molar-refractivity contribution is -0.138. The average Bonchev–Trinajstić information content (AvgIpc) is 2.55. The number of benzene rings is 1. The van der Waals surface area contributed by atoms with E-state index in [1.807, 2.05) is 24.3 Å². The van der Waals surface area contributed by atoms with Gasteiger partial charge in [-0.1, -0.05) is 45.0 Å². The Bertz CT molecular complexity index is 698. The molecule has 0 radical (unpaired) electrons. The van der Waals surface area contributed by atoms with E-state index in [2.05, 4.69) is 31.0 Å². The number of hydrogen-bond donors (Lipinski definition) is 2. The summed E-state index contributed by atoms with van der Waals surface area (Å²) in [5.74, 6) is -1.77. The zero-order valence-electron chi connectivity index (χ0n) is 15.9. The first-order valence-corrected chi connectivity index (χ1v) is 8.41. The summed E-state index contributed by atoms with van der Waals surface area (Å²) in [7, 11) is 0. The summed E-state index contributed by atoms with van der Waals surface area (Å²) in [5, 5.41) is 17.5. The predicted octanol–water partition coefficient (Wildman–Crippen LogP) is 3.04. The normalized spacial score (nSPS) is 13.5.